The highest BCUT2D eigenvalue weighted by Crippen LogP contribution is 2.47. The molecule has 2 aromatic rings. The number of carbonyl (C=O) groups excluding carboxylic acids is 1. The smallest absolute Gasteiger partial charge is 0.367 e. The summed E-state index contributed by atoms with van der Waals surface area (Å²) in [6, 6.07) is 13.1. The van der Waals surface area contributed by atoms with Gasteiger partial charge in [-0.1, -0.05) is 48.0 Å². The molecule has 2 fully saturated rings. The summed E-state index contributed by atoms with van der Waals surface area (Å²) in [5, 5.41) is 3.19. The van der Waals surface area contributed by atoms with Crippen LogP contribution in [-0.4, -0.2) is 67.3 Å². The lowest BCUT2D eigenvalue weighted by Gasteiger charge is -2.39. The molecule has 1 atom stereocenters. The summed E-state index contributed by atoms with van der Waals surface area (Å²) in [5.74, 6) is 0. The van der Waals surface area contributed by atoms with Crippen molar-refractivity contribution in [2.24, 2.45) is 0 Å². The standard InChI is InChI=1S/C25H30ClF3N4O/c1-18(2)31-13-15-32(16-14-31)21-10-6-9-20(26)22(21)30-23(34)33-12-11-24(17-33,25(27,28)29)19-7-4-3-5-8-19/h3-10,18H,11-17H2,1-2H3,(H,30,34). The van der Waals surface area contributed by atoms with Crippen LogP contribution in [-0.2, 0) is 5.41 Å². The second-order valence-corrected chi connectivity index (χ2v) is 9.71. The number of rotatable bonds is 4. The Bertz CT molecular complexity index is 1010. The van der Waals surface area contributed by atoms with E-state index < -0.39 is 24.2 Å². The molecule has 1 N–H and O–H groups in total. The van der Waals surface area contributed by atoms with Crippen molar-refractivity contribution < 1.29 is 18.0 Å². The first-order chi connectivity index (χ1) is 16.1. The summed E-state index contributed by atoms with van der Waals surface area (Å²) >= 11 is 6.45. The highest BCUT2D eigenvalue weighted by Gasteiger charge is 2.59. The maximum absolute atomic E-state index is 14.2. The largest absolute Gasteiger partial charge is 0.400 e. The average molecular weight is 495 g/mol. The minimum Gasteiger partial charge on any atom is -0.367 e. The van der Waals surface area contributed by atoms with Gasteiger partial charge in [0.25, 0.3) is 0 Å². The summed E-state index contributed by atoms with van der Waals surface area (Å²) in [6.07, 6.45) is -4.66. The molecule has 0 radical (unpaired) electrons. The van der Waals surface area contributed by atoms with Crippen LogP contribution >= 0.6 is 11.6 Å². The number of piperazine rings is 1. The third-order valence-electron chi connectivity index (χ3n) is 7.03. The number of benzene rings is 2. The van der Waals surface area contributed by atoms with Gasteiger partial charge < -0.3 is 15.1 Å². The van der Waals surface area contributed by atoms with Gasteiger partial charge in [-0.2, -0.15) is 13.2 Å². The highest BCUT2D eigenvalue weighted by molar-refractivity contribution is 6.34. The molecular formula is C25H30ClF3N4O. The van der Waals surface area contributed by atoms with Crippen molar-refractivity contribution in [1.29, 1.82) is 0 Å². The Morgan fingerprint density at radius 2 is 1.68 bits per heavy atom. The number of hydrogen-bond donors (Lipinski definition) is 1. The Balaban J connectivity index is 1.53. The fraction of sp³-hybridized carbons (Fsp3) is 0.480. The van der Waals surface area contributed by atoms with E-state index in [1.54, 1.807) is 24.3 Å². The number of alkyl halides is 3. The van der Waals surface area contributed by atoms with E-state index in [2.05, 4.69) is 29.0 Å². The molecule has 2 amide bonds. The van der Waals surface area contributed by atoms with Crippen molar-refractivity contribution in [2.75, 3.05) is 49.5 Å². The first-order valence-electron chi connectivity index (χ1n) is 11.6. The molecule has 2 aromatic carbocycles. The number of hydrogen-bond acceptors (Lipinski definition) is 3. The Morgan fingerprint density at radius 3 is 2.29 bits per heavy atom. The van der Waals surface area contributed by atoms with Gasteiger partial charge in [-0.15, -0.1) is 0 Å². The molecule has 2 aliphatic rings. The zero-order chi connectivity index (χ0) is 24.5. The molecule has 0 spiro atoms. The number of anilines is 2. The molecule has 2 saturated heterocycles. The number of urea groups is 1. The Labute approximate surface area is 203 Å². The molecule has 0 bridgehead atoms. The van der Waals surface area contributed by atoms with Gasteiger partial charge in [0.05, 0.1) is 16.4 Å². The predicted molar refractivity (Wildman–Crippen MR) is 130 cm³/mol. The first kappa shape index (κ1) is 24.7. The molecule has 5 nitrogen and oxygen atoms in total. The van der Waals surface area contributed by atoms with Gasteiger partial charge in [0, 0.05) is 45.3 Å². The van der Waals surface area contributed by atoms with Crippen LogP contribution in [0.4, 0.5) is 29.3 Å². The van der Waals surface area contributed by atoms with Crippen molar-refractivity contribution in [2.45, 2.75) is 37.9 Å². The maximum Gasteiger partial charge on any atom is 0.400 e. The van der Waals surface area contributed by atoms with Gasteiger partial charge in [0.1, 0.15) is 5.41 Å². The number of likely N-dealkylation sites (tertiary alicyclic amines) is 1. The van der Waals surface area contributed by atoms with Gasteiger partial charge in [0.2, 0.25) is 0 Å². The van der Waals surface area contributed by atoms with Crippen LogP contribution in [0.3, 0.4) is 0 Å². The molecule has 4 rings (SSSR count). The van der Waals surface area contributed by atoms with Crippen LogP contribution in [0.2, 0.25) is 5.02 Å². The van der Waals surface area contributed by atoms with Crippen LogP contribution in [0.15, 0.2) is 48.5 Å². The summed E-state index contributed by atoms with van der Waals surface area (Å²) < 4.78 is 42.7. The number of carbonyl (C=O) groups is 1. The molecule has 0 saturated carbocycles. The normalized spacial score (nSPS) is 21.9. The third-order valence-corrected chi connectivity index (χ3v) is 7.35. The van der Waals surface area contributed by atoms with E-state index >= 15 is 0 Å². The van der Waals surface area contributed by atoms with E-state index in [0.29, 0.717) is 16.8 Å². The van der Waals surface area contributed by atoms with Crippen LogP contribution in [0.25, 0.3) is 0 Å². The fourth-order valence-electron chi connectivity index (χ4n) is 4.94. The summed E-state index contributed by atoms with van der Waals surface area (Å²) in [7, 11) is 0. The summed E-state index contributed by atoms with van der Waals surface area (Å²) in [5.41, 5.74) is -0.675. The molecule has 34 heavy (non-hydrogen) atoms. The number of amides is 2. The number of nitrogens with zero attached hydrogens (tertiary/aromatic N) is 3. The summed E-state index contributed by atoms with van der Waals surface area (Å²) in [6.45, 7) is 7.21. The van der Waals surface area contributed by atoms with Gasteiger partial charge >= 0.3 is 12.2 Å². The van der Waals surface area contributed by atoms with E-state index in [9.17, 15) is 18.0 Å². The van der Waals surface area contributed by atoms with Crippen LogP contribution < -0.4 is 10.2 Å². The van der Waals surface area contributed by atoms with E-state index in [-0.39, 0.29) is 18.5 Å². The van der Waals surface area contributed by atoms with Crippen molar-refractivity contribution in [3.8, 4) is 0 Å². The molecule has 2 heterocycles. The lowest BCUT2D eigenvalue weighted by Crippen LogP contribution is -2.49. The van der Waals surface area contributed by atoms with Crippen molar-refractivity contribution in [3.05, 3.63) is 59.1 Å². The van der Waals surface area contributed by atoms with Crippen LogP contribution in [0, 0.1) is 0 Å². The second-order valence-electron chi connectivity index (χ2n) is 9.30. The van der Waals surface area contributed by atoms with E-state index in [1.165, 1.54) is 17.0 Å². The SMILES string of the molecule is CC(C)N1CCN(c2cccc(Cl)c2NC(=O)N2CCC(c3ccccc3)(C(F)(F)F)C2)CC1. The Morgan fingerprint density at radius 1 is 1.00 bits per heavy atom. The van der Waals surface area contributed by atoms with E-state index in [1.807, 2.05) is 12.1 Å². The lowest BCUT2D eigenvalue weighted by molar-refractivity contribution is -0.186. The molecule has 2 aliphatic heterocycles. The van der Waals surface area contributed by atoms with Crippen LogP contribution in [0.1, 0.15) is 25.8 Å². The molecular weight excluding hydrogens is 465 g/mol. The summed E-state index contributed by atoms with van der Waals surface area (Å²) in [4.78, 5) is 18.9. The molecule has 0 aliphatic carbocycles. The van der Waals surface area contributed by atoms with Crippen LogP contribution in [0.5, 0.6) is 0 Å². The number of para-hydroxylation sites is 1. The fourth-order valence-corrected chi connectivity index (χ4v) is 5.15. The molecule has 1 unspecified atom stereocenters. The van der Waals surface area contributed by atoms with Crippen molar-refractivity contribution in [3.63, 3.8) is 0 Å². The topological polar surface area (TPSA) is 38.8 Å². The van der Waals surface area contributed by atoms with Gasteiger partial charge in [0.15, 0.2) is 0 Å². The van der Waals surface area contributed by atoms with Gasteiger partial charge in [-0.3, -0.25) is 4.90 Å². The van der Waals surface area contributed by atoms with Gasteiger partial charge in [-0.25, -0.2) is 4.79 Å². The zero-order valence-electron chi connectivity index (χ0n) is 19.4. The molecule has 0 aromatic heterocycles. The zero-order valence-corrected chi connectivity index (χ0v) is 20.2. The third kappa shape index (κ3) is 4.70. The number of halogens is 4. The van der Waals surface area contributed by atoms with Gasteiger partial charge in [-0.05, 0) is 38.0 Å². The first-order valence-corrected chi connectivity index (χ1v) is 12.0. The monoisotopic (exact) mass is 494 g/mol. The second kappa shape index (κ2) is 9.66. The van der Waals surface area contributed by atoms with E-state index in [0.717, 1.165) is 31.9 Å². The average Bonchev–Trinajstić information content (AvgIpc) is 3.28. The minimum absolute atomic E-state index is 0.00703. The molecule has 184 valence electrons. The van der Waals surface area contributed by atoms with E-state index in [4.69, 9.17) is 11.6 Å². The molecule has 9 heteroatoms. The lowest BCUT2D eigenvalue weighted by atomic mass is 9.79. The Hall–Kier alpha value is -2.45. The number of nitrogens with one attached hydrogen (secondary N) is 1. The minimum atomic E-state index is -4.48. The van der Waals surface area contributed by atoms with Crippen molar-refractivity contribution >= 4 is 29.0 Å². The van der Waals surface area contributed by atoms with Crippen molar-refractivity contribution in [1.82, 2.24) is 9.80 Å². The maximum atomic E-state index is 14.2. The highest BCUT2D eigenvalue weighted by atomic mass is 35.5. The quantitative estimate of drug-likeness (QED) is 0.600. The Kier molecular flexibility index (Phi) is 7.01. The predicted octanol–water partition coefficient (Wildman–Crippen LogP) is 5.61.